The Morgan fingerprint density at radius 3 is 0.930 bits per heavy atom. The number of pyridine rings is 3. The van der Waals surface area contributed by atoms with E-state index in [-0.39, 0.29) is 0 Å². The molecule has 0 saturated carbocycles. The third kappa shape index (κ3) is 14.6. The van der Waals surface area contributed by atoms with Crippen LogP contribution >= 0.6 is 0 Å². The molecule has 10 heteroatoms. The van der Waals surface area contributed by atoms with E-state index in [0.717, 1.165) is 50.5 Å². The maximum atomic E-state index is 4.84. The highest BCUT2D eigenvalue weighted by Gasteiger charge is 2.21. The Morgan fingerprint density at radius 2 is 0.496 bits per heavy atom. The van der Waals surface area contributed by atoms with Gasteiger partial charge < -0.3 is 22.5 Å². The number of imidazole rings is 1. The van der Waals surface area contributed by atoms with Crippen LogP contribution in [-0.2, 0) is 0 Å². The summed E-state index contributed by atoms with van der Waals surface area (Å²) in [6.45, 7) is 0. The first-order valence-electron chi connectivity index (χ1n) is 43.6. The lowest BCUT2D eigenvalue weighted by molar-refractivity contribution is 1.06. The lowest BCUT2D eigenvalue weighted by Crippen LogP contribution is -2.00. The summed E-state index contributed by atoms with van der Waals surface area (Å²) in [5.41, 5.74) is 34.5. The highest BCUT2D eigenvalue weighted by atomic mass is 15.1. The van der Waals surface area contributed by atoms with Gasteiger partial charge in [-0.3, -0.25) is 4.98 Å². The molecule has 606 valence electrons. The summed E-state index contributed by atoms with van der Waals surface area (Å²) in [5.74, 6) is 1.79. The molecule has 10 nitrogen and oxygen atoms in total. The molecule has 16 aromatic carbocycles. The van der Waals surface area contributed by atoms with Crippen LogP contribution < -0.4 is 0 Å². The minimum atomic E-state index is 0.550. The van der Waals surface area contributed by atoms with Gasteiger partial charge in [0.25, 0.3) is 0 Å². The number of rotatable bonds is 14. The van der Waals surface area contributed by atoms with Crippen molar-refractivity contribution in [3.63, 3.8) is 0 Å². The fourth-order valence-electron chi connectivity index (χ4n) is 18.4. The van der Waals surface area contributed by atoms with Gasteiger partial charge in [-0.05, 0) is 188 Å². The van der Waals surface area contributed by atoms with Gasteiger partial charge in [0, 0.05) is 108 Å². The van der Waals surface area contributed by atoms with Gasteiger partial charge in [-0.1, -0.05) is 334 Å². The van der Waals surface area contributed by atoms with Crippen molar-refractivity contribution in [2.75, 3.05) is 0 Å². The Labute approximate surface area is 745 Å². The predicted octanol–water partition coefficient (Wildman–Crippen LogP) is 30.2. The smallest absolute Gasteiger partial charge is 0.182 e. The predicted molar refractivity (Wildman–Crippen MR) is 533 cm³/mol. The Bertz CT molecular complexity index is 8100. The number of fused-ring (bicyclic) bond motifs is 11. The number of aromatic nitrogens is 10. The van der Waals surface area contributed by atoms with Gasteiger partial charge in [-0.2, -0.15) is 0 Å². The summed E-state index contributed by atoms with van der Waals surface area (Å²) in [5, 5.41) is 7.59. The maximum absolute atomic E-state index is 4.84. The van der Waals surface area contributed by atoms with Crippen LogP contribution in [0, 0.1) is 0 Å². The highest BCUT2D eigenvalue weighted by molar-refractivity contribution is 6.13. The average Bonchev–Trinajstić information content (AvgIpc) is 1.61. The molecule has 0 fully saturated rings. The van der Waals surface area contributed by atoms with E-state index in [1.807, 2.05) is 72.9 Å². The minimum Gasteiger partial charge on any atom is -0.323 e. The number of para-hydroxylation sites is 4. The highest BCUT2D eigenvalue weighted by Crippen LogP contribution is 2.43. The first-order chi connectivity index (χ1) is 63.9. The van der Waals surface area contributed by atoms with Crippen molar-refractivity contribution in [1.82, 2.24) is 47.4 Å². The van der Waals surface area contributed by atoms with Crippen LogP contribution in [0.2, 0.25) is 0 Å². The molecule has 0 aliphatic carbocycles. The largest absolute Gasteiger partial charge is 0.323 e. The summed E-state index contributed by atoms with van der Waals surface area (Å²) in [7, 11) is 0. The van der Waals surface area contributed by atoms with E-state index in [0.29, 0.717) is 23.2 Å². The van der Waals surface area contributed by atoms with Crippen LogP contribution in [0.1, 0.15) is 0 Å². The van der Waals surface area contributed by atoms with Gasteiger partial charge in [-0.15, -0.1) is 0 Å². The quantitative estimate of drug-likeness (QED) is 0.108. The standard InChI is InChI=1S/C43H29N3.C38H25N5.C38H26N2/c1-3-9-30(10-4-1)35-20-24-41-38(27-35)39-28-36(31-11-5-2-6-12-31)21-25-42(39)46(41)37-22-18-33(19-23-37)32-14-16-34(17-15-32)40-29-45-26-8-7-13-43(45)44-40;1-2-10-28(11-3-1)36-40-37(42-38(41-36)33-14-8-9-25-39-33)29-19-17-26(18-20-29)27-21-23-30(24-22-27)43-34-15-6-4-12-31(34)32-13-5-7-16-35(32)43;1-2-10-30(11-3-1)38-34(26-39-25-9-8-16-37(38)39)29-19-17-27(18-20-29)28-21-23-31(24-22-28)40-35-14-6-4-12-32(35)33-13-5-7-15-36(33)40/h1-29H;1-25H;1-26H. The first kappa shape index (κ1) is 76.4. The lowest BCUT2D eigenvalue weighted by Gasteiger charge is -2.10. The topological polar surface area (TPSA) is 88.1 Å². The van der Waals surface area contributed by atoms with Gasteiger partial charge in [0.05, 0.1) is 44.3 Å². The zero-order valence-corrected chi connectivity index (χ0v) is 70.2. The summed E-state index contributed by atoms with van der Waals surface area (Å²) < 4.78 is 11.4. The SMILES string of the molecule is c1ccc(-c2c(-c3ccc(-c4ccc(-n5c6ccccc6c6ccccc65)cc4)cc3)cn3ccccc23)cc1.c1ccc(-c2ccc3c(c2)c2cc(-c4ccccc4)ccc2n3-c2ccc(-c3ccc(-c4cn5ccccc5n4)cc3)cc2)cc1.c1ccc(-c2nc(-c3ccc(-c4ccc(-n5c6ccccc6c6ccccc65)cc4)cc3)nc(-c3ccccn3)n2)cc1. The van der Waals surface area contributed by atoms with E-state index in [1.165, 1.54) is 143 Å². The van der Waals surface area contributed by atoms with Gasteiger partial charge in [-0.25, -0.2) is 19.9 Å². The second-order valence-corrected chi connectivity index (χ2v) is 32.4. The third-order valence-corrected chi connectivity index (χ3v) is 24.7. The van der Waals surface area contributed by atoms with Crippen molar-refractivity contribution >= 4 is 76.6 Å². The van der Waals surface area contributed by atoms with Crippen molar-refractivity contribution in [3.8, 4) is 141 Å². The molecule has 0 aliphatic rings. The summed E-state index contributed by atoms with van der Waals surface area (Å²) in [6, 6.07) is 161. The molecule has 0 unspecified atom stereocenters. The third-order valence-electron chi connectivity index (χ3n) is 24.7. The Hall–Kier alpha value is -17.5. The van der Waals surface area contributed by atoms with Crippen LogP contribution in [0.5, 0.6) is 0 Å². The average molecular weight is 1650 g/mol. The fourth-order valence-corrected chi connectivity index (χ4v) is 18.4. The normalized spacial score (nSPS) is 11.4. The van der Waals surface area contributed by atoms with Gasteiger partial charge >= 0.3 is 0 Å². The van der Waals surface area contributed by atoms with Crippen molar-refractivity contribution in [3.05, 3.63) is 486 Å². The molecule has 0 spiro atoms. The van der Waals surface area contributed by atoms with Crippen LogP contribution in [0.25, 0.3) is 217 Å². The molecule has 0 amide bonds. The van der Waals surface area contributed by atoms with Crippen LogP contribution in [0.4, 0.5) is 0 Å². The second-order valence-electron chi connectivity index (χ2n) is 32.4. The first-order valence-corrected chi connectivity index (χ1v) is 43.6. The van der Waals surface area contributed by atoms with E-state index in [1.54, 1.807) is 6.20 Å². The molecule has 0 radical (unpaired) electrons. The summed E-state index contributed by atoms with van der Waals surface area (Å²) in [4.78, 5) is 23.6. The molecule has 0 aliphatic heterocycles. The van der Waals surface area contributed by atoms with Crippen molar-refractivity contribution in [2.45, 2.75) is 0 Å². The zero-order valence-electron chi connectivity index (χ0n) is 70.2. The van der Waals surface area contributed by atoms with Gasteiger partial charge in [0.1, 0.15) is 11.3 Å². The monoisotopic (exact) mass is 1650 g/mol. The number of nitrogens with zero attached hydrogens (tertiary/aromatic N) is 10. The van der Waals surface area contributed by atoms with E-state index in [4.69, 9.17) is 19.9 Å². The molecule has 25 aromatic rings. The number of hydrogen-bond acceptors (Lipinski definition) is 5. The molecule has 0 atom stereocenters. The Morgan fingerprint density at radius 1 is 0.178 bits per heavy atom. The molecular formula is C119H80N10. The van der Waals surface area contributed by atoms with Crippen LogP contribution in [0.3, 0.4) is 0 Å². The Kier molecular flexibility index (Phi) is 19.7. The fraction of sp³-hybridized carbons (Fsp3) is 0. The molecular weight excluding hydrogens is 1570 g/mol. The molecule has 129 heavy (non-hydrogen) atoms. The Balaban J connectivity index is 0.000000111. The van der Waals surface area contributed by atoms with Gasteiger partial charge in [0.2, 0.25) is 0 Å². The number of hydrogen-bond donors (Lipinski definition) is 0. The van der Waals surface area contributed by atoms with E-state index in [9.17, 15) is 0 Å². The lowest BCUT2D eigenvalue weighted by atomic mass is 9.96. The van der Waals surface area contributed by atoms with E-state index < -0.39 is 0 Å². The molecule has 9 aromatic heterocycles. The van der Waals surface area contributed by atoms with E-state index >= 15 is 0 Å². The van der Waals surface area contributed by atoms with E-state index in [2.05, 4.69) is 434 Å². The number of benzene rings is 16. The van der Waals surface area contributed by atoms with Crippen LogP contribution in [-0.4, -0.2) is 47.4 Å². The van der Waals surface area contributed by atoms with Crippen molar-refractivity contribution in [2.24, 2.45) is 0 Å². The van der Waals surface area contributed by atoms with Gasteiger partial charge in [0.15, 0.2) is 17.5 Å². The second kappa shape index (κ2) is 33.3. The minimum absolute atomic E-state index is 0.550. The molecule has 25 rings (SSSR count). The van der Waals surface area contributed by atoms with Crippen molar-refractivity contribution < 1.29 is 0 Å². The molecule has 0 bridgehead atoms. The maximum Gasteiger partial charge on any atom is 0.182 e. The molecule has 0 saturated heterocycles. The van der Waals surface area contributed by atoms with Crippen molar-refractivity contribution in [1.29, 1.82) is 0 Å². The molecule has 0 N–H and O–H groups in total. The molecule has 9 heterocycles. The zero-order chi connectivity index (χ0) is 85.5. The summed E-state index contributed by atoms with van der Waals surface area (Å²) in [6.07, 6.45) is 10.2. The van der Waals surface area contributed by atoms with Crippen LogP contribution in [0.15, 0.2) is 486 Å². The summed E-state index contributed by atoms with van der Waals surface area (Å²) >= 11 is 0.